The van der Waals surface area contributed by atoms with Crippen molar-refractivity contribution in [2.45, 2.75) is 17.7 Å². The van der Waals surface area contributed by atoms with E-state index >= 15 is 0 Å². The lowest BCUT2D eigenvalue weighted by molar-refractivity contribution is -0.121. The largest absolute Gasteiger partial charge is 0.280 e. The maximum absolute atomic E-state index is 12.3. The second-order valence-electron chi connectivity index (χ2n) is 4.96. The van der Waals surface area contributed by atoms with Gasteiger partial charge in [-0.1, -0.05) is 0 Å². The van der Waals surface area contributed by atoms with Gasteiger partial charge in [-0.25, -0.2) is 8.42 Å². The van der Waals surface area contributed by atoms with Crippen LogP contribution in [-0.2, 0) is 19.6 Å². The number of aromatic nitrogens is 1. The van der Waals surface area contributed by atoms with Crippen molar-refractivity contribution >= 4 is 33.2 Å². The van der Waals surface area contributed by atoms with Crippen LogP contribution in [0.3, 0.4) is 0 Å². The summed E-state index contributed by atoms with van der Waals surface area (Å²) in [6, 6.07) is 8.68. The minimum atomic E-state index is -3.75. The molecule has 0 radical (unpaired) electrons. The smallest absolute Gasteiger partial charge is 0.261 e. The molecule has 3 rings (SSSR count). The third-order valence-corrected chi connectivity index (χ3v) is 4.79. The highest BCUT2D eigenvalue weighted by Crippen LogP contribution is 2.24. The zero-order valence-corrected chi connectivity index (χ0v) is 12.8. The van der Waals surface area contributed by atoms with Gasteiger partial charge in [0.15, 0.2) is 0 Å². The predicted octanol–water partition coefficient (Wildman–Crippen LogP) is 1.54. The number of carbonyl (C=O) groups is 2. The van der Waals surface area contributed by atoms with Crippen molar-refractivity contribution in [2.75, 3.05) is 9.62 Å². The molecule has 1 N–H and O–H groups in total. The molecule has 1 aliphatic rings. The SMILES string of the molecule is O=C1CCC(=O)N1c1ccc(S(=O)(=O)Nc2ccncc2)cc1. The summed E-state index contributed by atoms with van der Waals surface area (Å²) in [7, 11) is -3.75. The summed E-state index contributed by atoms with van der Waals surface area (Å²) in [5, 5.41) is 0. The summed E-state index contributed by atoms with van der Waals surface area (Å²) >= 11 is 0. The fraction of sp³-hybridized carbons (Fsp3) is 0.133. The molecule has 0 bridgehead atoms. The lowest BCUT2D eigenvalue weighted by atomic mass is 10.3. The molecule has 2 amide bonds. The molecule has 2 heterocycles. The number of nitrogens with one attached hydrogen (secondary N) is 1. The summed E-state index contributed by atoms with van der Waals surface area (Å²) in [4.78, 5) is 28.3. The Labute approximate surface area is 133 Å². The zero-order valence-electron chi connectivity index (χ0n) is 12.0. The van der Waals surface area contributed by atoms with E-state index in [1.165, 1.54) is 48.8 Å². The summed E-state index contributed by atoms with van der Waals surface area (Å²) in [5.74, 6) is -0.555. The molecule has 8 heteroatoms. The molecule has 7 nitrogen and oxygen atoms in total. The third kappa shape index (κ3) is 3.07. The van der Waals surface area contributed by atoms with E-state index in [1.807, 2.05) is 0 Å². The first kappa shape index (κ1) is 15.2. The summed E-state index contributed by atoms with van der Waals surface area (Å²) in [6.45, 7) is 0. The number of sulfonamides is 1. The highest BCUT2D eigenvalue weighted by molar-refractivity contribution is 7.92. The summed E-state index contributed by atoms with van der Waals surface area (Å²) in [6.07, 6.45) is 3.32. The van der Waals surface area contributed by atoms with E-state index < -0.39 is 10.0 Å². The van der Waals surface area contributed by atoms with Crippen molar-refractivity contribution < 1.29 is 18.0 Å². The molecule has 1 fully saturated rings. The Balaban J connectivity index is 1.84. The second-order valence-corrected chi connectivity index (χ2v) is 6.64. The number of pyridine rings is 1. The fourth-order valence-electron chi connectivity index (χ4n) is 2.27. The maximum Gasteiger partial charge on any atom is 0.261 e. The number of imide groups is 1. The van der Waals surface area contributed by atoms with Crippen LogP contribution in [0.4, 0.5) is 11.4 Å². The fourth-order valence-corrected chi connectivity index (χ4v) is 3.33. The van der Waals surface area contributed by atoms with Gasteiger partial charge in [0.1, 0.15) is 0 Å². The highest BCUT2D eigenvalue weighted by atomic mass is 32.2. The normalized spacial score (nSPS) is 15.0. The van der Waals surface area contributed by atoms with Gasteiger partial charge in [-0.15, -0.1) is 0 Å². The van der Waals surface area contributed by atoms with Gasteiger partial charge in [0.05, 0.1) is 16.3 Å². The minimum absolute atomic E-state index is 0.0390. The lowest BCUT2D eigenvalue weighted by Gasteiger charge is -2.14. The van der Waals surface area contributed by atoms with E-state index in [9.17, 15) is 18.0 Å². The number of hydrogen-bond donors (Lipinski definition) is 1. The Hall–Kier alpha value is -2.74. The lowest BCUT2D eigenvalue weighted by Crippen LogP contribution is -2.28. The third-order valence-electron chi connectivity index (χ3n) is 3.39. The molecule has 0 saturated carbocycles. The Morgan fingerprint density at radius 2 is 1.48 bits per heavy atom. The van der Waals surface area contributed by atoms with Crippen molar-refractivity contribution in [3.8, 4) is 0 Å². The summed E-state index contributed by atoms with van der Waals surface area (Å²) < 4.78 is 27.0. The van der Waals surface area contributed by atoms with E-state index in [0.29, 0.717) is 11.4 Å². The van der Waals surface area contributed by atoms with Crippen LogP contribution in [-0.4, -0.2) is 25.2 Å². The van der Waals surface area contributed by atoms with Gasteiger partial charge in [0.2, 0.25) is 11.8 Å². The van der Waals surface area contributed by atoms with E-state index in [1.54, 1.807) is 0 Å². The second kappa shape index (κ2) is 5.81. The van der Waals surface area contributed by atoms with Crippen molar-refractivity contribution in [3.05, 3.63) is 48.8 Å². The molecule has 0 aliphatic carbocycles. The van der Waals surface area contributed by atoms with Crippen LogP contribution in [0.5, 0.6) is 0 Å². The molecule has 1 aliphatic heterocycles. The van der Waals surface area contributed by atoms with Crippen molar-refractivity contribution in [2.24, 2.45) is 0 Å². The maximum atomic E-state index is 12.3. The molecule has 23 heavy (non-hydrogen) atoms. The minimum Gasteiger partial charge on any atom is -0.280 e. The van der Waals surface area contributed by atoms with Crippen LogP contribution in [0.25, 0.3) is 0 Å². The van der Waals surface area contributed by atoms with Crippen molar-refractivity contribution in [1.82, 2.24) is 4.98 Å². The van der Waals surface area contributed by atoms with E-state index in [2.05, 4.69) is 9.71 Å². The zero-order chi connectivity index (χ0) is 16.4. The van der Waals surface area contributed by atoms with Crippen molar-refractivity contribution in [3.63, 3.8) is 0 Å². The molecule has 0 unspecified atom stereocenters. The first-order chi connectivity index (χ1) is 11.0. The number of amides is 2. The van der Waals surface area contributed by atoms with Gasteiger partial charge in [-0.3, -0.25) is 24.2 Å². The Morgan fingerprint density at radius 3 is 2.04 bits per heavy atom. The van der Waals surface area contributed by atoms with E-state index in [-0.39, 0.29) is 29.6 Å². The van der Waals surface area contributed by atoms with Gasteiger partial charge in [-0.2, -0.15) is 0 Å². The molecule has 118 valence electrons. The van der Waals surface area contributed by atoms with Crippen LogP contribution in [0.15, 0.2) is 53.7 Å². The van der Waals surface area contributed by atoms with E-state index in [0.717, 1.165) is 4.90 Å². The first-order valence-corrected chi connectivity index (χ1v) is 8.34. The number of hydrogen-bond acceptors (Lipinski definition) is 5. The topological polar surface area (TPSA) is 96.4 Å². The van der Waals surface area contributed by atoms with Gasteiger partial charge in [0.25, 0.3) is 10.0 Å². The molecule has 0 spiro atoms. The number of anilines is 2. The summed E-state index contributed by atoms with van der Waals surface area (Å²) in [5.41, 5.74) is 0.773. The van der Waals surface area contributed by atoms with Crippen LogP contribution in [0.1, 0.15) is 12.8 Å². The first-order valence-electron chi connectivity index (χ1n) is 6.86. The van der Waals surface area contributed by atoms with Crippen LogP contribution < -0.4 is 9.62 Å². The van der Waals surface area contributed by atoms with Crippen LogP contribution in [0, 0.1) is 0 Å². The molecule has 0 atom stereocenters. The standard InChI is InChI=1S/C15H13N3O4S/c19-14-5-6-15(20)18(14)12-1-3-13(4-2-12)23(21,22)17-11-7-9-16-10-8-11/h1-4,7-10H,5-6H2,(H,16,17). The number of carbonyl (C=O) groups excluding carboxylic acids is 2. The average Bonchev–Trinajstić information content (AvgIpc) is 2.87. The van der Waals surface area contributed by atoms with Gasteiger partial charge in [0, 0.05) is 25.2 Å². The predicted molar refractivity (Wildman–Crippen MR) is 83.2 cm³/mol. The van der Waals surface area contributed by atoms with Crippen LogP contribution in [0.2, 0.25) is 0 Å². The van der Waals surface area contributed by atoms with Gasteiger partial charge >= 0.3 is 0 Å². The Kier molecular flexibility index (Phi) is 3.83. The molecule has 2 aromatic rings. The number of benzene rings is 1. The molecular weight excluding hydrogens is 318 g/mol. The molecule has 1 aromatic carbocycles. The Bertz CT molecular complexity index is 832. The molecule has 1 saturated heterocycles. The highest BCUT2D eigenvalue weighted by Gasteiger charge is 2.30. The van der Waals surface area contributed by atoms with Gasteiger partial charge < -0.3 is 0 Å². The molecule has 1 aromatic heterocycles. The number of rotatable bonds is 4. The monoisotopic (exact) mass is 331 g/mol. The van der Waals surface area contributed by atoms with Crippen LogP contribution >= 0.6 is 0 Å². The Morgan fingerprint density at radius 1 is 0.913 bits per heavy atom. The van der Waals surface area contributed by atoms with Gasteiger partial charge in [-0.05, 0) is 36.4 Å². The van der Waals surface area contributed by atoms with E-state index in [4.69, 9.17) is 0 Å². The molecular formula is C15H13N3O4S. The van der Waals surface area contributed by atoms with Crippen molar-refractivity contribution in [1.29, 1.82) is 0 Å². The quantitative estimate of drug-likeness (QED) is 0.857. The number of nitrogens with zero attached hydrogens (tertiary/aromatic N) is 2. The average molecular weight is 331 g/mol.